The number of rotatable bonds is 4. The zero-order chi connectivity index (χ0) is 14.7. The molecule has 0 saturated carbocycles. The normalized spacial score (nSPS) is 23.4. The molecule has 0 spiro atoms. The third-order valence-corrected chi connectivity index (χ3v) is 4.08. The largest absolute Gasteiger partial charge is 0.448 e. The number of hydrogen-bond acceptors (Lipinski definition) is 3. The van der Waals surface area contributed by atoms with Crippen LogP contribution < -0.4 is 5.32 Å². The zero-order valence-electron chi connectivity index (χ0n) is 12.4. The van der Waals surface area contributed by atoms with Crippen molar-refractivity contribution in [2.45, 2.75) is 39.8 Å². The van der Waals surface area contributed by atoms with E-state index in [-0.39, 0.29) is 11.8 Å². The number of amides is 1. The number of piperidine rings is 1. The number of hydrogen-bond donors (Lipinski definition) is 1. The summed E-state index contributed by atoms with van der Waals surface area (Å²) in [6.45, 7) is 8.44. The molecule has 0 radical (unpaired) electrons. The average molecular weight is 299 g/mol. The summed E-state index contributed by atoms with van der Waals surface area (Å²) in [5, 5.41) is 3.92. The van der Waals surface area contributed by atoms with Crippen LogP contribution in [0.15, 0.2) is 16.5 Å². The second-order valence-corrected chi connectivity index (χ2v) is 6.27. The van der Waals surface area contributed by atoms with Crippen LogP contribution in [-0.4, -0.2) is 29.9 Å². The lowest BCUT2D eigenvalue weighted by atomic mass is 9.93. The Morgan fingerprint density at radius 3 is 2.85 bits per heavy atom. The Bertz CT molecular complexity index is 458. The van der Waals surface area contributed by atoms with Crippen LogP contribution in [0.1, 0.15) is 33.0 Å². The molecule has 1 aromatic heterocycles. The van der Waals surface area contributed by atoms with Gasteiger partial charge in [-0.3, -0.25) is 4.79 Å². The van der Waals surface area contributed by atoms with Crippen LogP contribution in [0.2, 0.25) is 5.22 Å². The number of likely N-dealkylation sites (tertiary alicyclic amines) is 1. The van der Waals surface area contributed by atoms with Crippen molar-refractivity contribution < 1.29 is 9.21 Å². The van der Waals surface area contributed by atoms with Crippen LogP contribution in [0.25, 0.3) is 0 Å². The Hall–Kier alpha value is -1.00. The highest BCUT2D eigenvalue weighted by atomic mass is 35.5. The Morgan fingerprint density at radius 2 is 2.30 bits per heavy atom. The van der Waals surface area contributed by atoms with Crippen LogP contribution in [0.5, 0.6) is 0 Å². The summed E-state index contributed by atoms with van der Waals surface area (Å²) in [7, 11) is 0. The molecule has 0 aliphatic carbocycles. The number of halogens is 1. The summed E-state index contributed by atoms with van der Waals surface area (Å²) in [5.41, 5.74) is 0. The third-order valence-electron chi connectivity index (χ3n) is 3.88. The molecule has 5 heteroatoms. The maximum absolute atomic E-state index is 12.0. The van der Waals surface area contributed by atoms with Crippen molar-refractivity contribution in [3.8, 4) is 0 Å². The third kappa shape index (κ3) is 3.76. The second-order valence-electron chi connectivity index (χ2n) is 5.90. The van der Waals surface area contributed by atoms with E-state index in [4.69, 9.17) is 16.0 Å². The highest BCUT2D eigenvalue weighted by molar-refractivity contribution is 6.28. The van der Waals surface area contributed by atoms with E-state index in [1.165, 1.54) is 0 Å². The van der Waals surface area contributed by atoms with Crippen molar-refractivity contribution in [2.75, 3.05) is 13.1 Å². The van der Waals surface area contributed by atoms with E-state index >= 15 is 0 Å². The van der Waals surface area contributed by atoms with Gasteiger partial charge in [-0.2, -0.15) is 0 Å². The molecule has 0 bridgehead atoms. The number of carbonyl (C=O) groups excluding carboxylic acids is 1. The van der Waals surface area contributed by atoms with Gasteiger partial charge in [0.05, 0.1) is 6.54 Å². The van der Waals surface area contributed by atoms with Gasteiger partial charge in [-0.1, -0.05) is 20.8 Å². The Labute approximate surface area is 125 Å². The summed E-state index contributed by atoms with van der Waals surface area (Å²) < 4.78 is 5.34. The number of furan rings is 1. The lowest BCUT2D eigenvalue weighted by Crippen LogP contribution is -2.50. The van der Waals surface area contributed by atoms with Gasteiger partial charge in [0.1, 0.15) is 5.76 Å². The van der Waals surface area contributed by atoms with E-state index in [9.17, 15) is 4.79 Å². The molecule has 20 heavy (non-hydrogen) atoms. The van der Waals surface area contributed by atoms with Gasteiger partial charge < -0.3 is 14.6 Å². The maximum Gasteiger partial charge on any atom is 0.225 e. The topological polar surface area (TPSA) is 45.5 Å². The lowest BCUT2D eigenvalue weighted by molar-refractivity contribution is -0.136. The molecule has 0 unspecified atom stereocenters. The standard InChI is InChI=1S/C15H23ClN2O2/c1-10(2)15(19)18-7-6-13(11(3)9-18)17-8-12-4-5-14(16)20-12/h4-5,10-11,13,17H,6-9H2,1-3H3/t11-,13+/m1/s1. The Kier molecular flexibility index (Phi) is 5.11. The van der Waals surface area contributed by atoms with Crippen LogP contribution in [0.4, 0.5) is 0 Å². The highest BCUT2D eigenvalue weighted by Gasteiger charge is 2.29. The van der Waals surface area contributed by atoms with Crippen molar-refractivity contribution in [2.24, 2.45) is 11.8 Å². The predicted molar refractivity (Wildman–Crippen MR) is 79.5 cm³/mol. The summed E-state index contributed by atoms with van der Waals surface area (Å²) in [4.78, 5) is 14.0. The second kappa shape index (κ2) is 6.64. The van der Waals surface area contributed by atoms with E-state index in [0.29, 0.717) is 23.7 Å². The summed E-state index contributed by atoms with van der Waals surface area (Å²) in [6, 6.07) is 4.05. The van der Waals surface area contributed by atoms with Gasteiger partial charge in [0, 0.05) is 25.0 Å². The molecule has 2 atom stereocenters. The first kappa shape index (κ1) is 15.4. The molecule has 0 aromatic carbocycles. The number of nitrogens with zero attached hydrogens (tertiary/aromatic N) is 1. The van der Waals surface area contributed by atoms with Gasteiger partial charge in [-0.25, -0.2) is 0 Å². The molecule has 112 valence electrons. The first-order valence-corrected chi connectivity index (χ1v) is 7.61. The average Bonchev–Trinajstić information content (AvgIpc) is 2.82. The minimum atomic E-state index is 0.0805. The first-order valence-electron chi connectivity index (χ1n) is 7.23. The van der Waals surface area contributed by atoms with Crippen LogP contribution in [0, 0.1) is 11.8 Å². The molecule has 1 aliphatic rings. The molecular weight excluding hydrogens is 276 g/mol. The number of carbonyl (C=O) groups is 1. The Morgan fingerprint density at radius 1 is 1.55 bits per heavy atom. The fourth-order valence-electron chi connectivity index (χ4n) is 2.69. The van der Waals surface area contributed by atoms with E-state index < -0.39 is 0 Å². The van der Waals surface area contributed by atoms with Gasteiger partial charge >= 0.3 is 0 Å². The Balaban J connectivity index is 1.82. The van der Waals surface area contributed by atoms with Crippen LogP contribution in [0.3, 0.4) is 0 Å². The summed E-state index contributed by atoms with van der Waals surface area (Å²) in [6.07, 6.45) is 0.980. The zero-order valence-corrected chi connectivity index (χ0v) is 13.1. The SMILES string of the molecule is CC(C)C(=O)N1CC[C@H](NCc2ccc(Cl)o2)[C@H](C)C1. The van der Waals surface area contributed by atoms with E-state index in [0.717, 1.165) is 25.3 Å². The minimum Gasteiger partial charge on any atom is -0.448 e. The minimum absolute atomic E-state index is 0.0805. The molecular formula is C15H23ClN2O2. The van der Waals surface area contributed by atoms with Gasteiger partial charge in [0.25, 0.3) is 0 Å². The monoisotopic (exact) mass is 298 g/mol. The van der Waals surface area contributed by atoms with E-state index in [1.807, 2.05) is 24.8 Å². The van der Waals surface area contributed by atoms with Gasteiger partial charge in [0.15, 0.2) is 5.22 Å². The van der Waals surface area contributed by atoms with Crippen molar-refractivity contribution in [3.63, 3.8) is 0 Å². The number of nitrogens with one attached hydrogen (secondary N) is 1. The van der Waals surface area contributed by atoms with Crippen molar-refractivity contribution >= 4 is 17.5 Å². The van der Waals surface area contributed by atoms with Crippen LogP contribution in [-0.2, 0) is 11.3 Å². The molecule has 4 nitrogen and oxygen atoms in total. The van der Waals surface area contributed by atoms with Crippen molar-refractivity contribution in [1.82, 2.24) is 10.2 Å². The van der Waals surface area contributed by atoms with E-state index in [2.05, 4.69) is 12.2 Å². The molecule has 1 amide bonds. The lowest BCUT2D eigenvalue weighted by Gasteiger charge is -2.38. The van der Waals surface area contributed by atoms with Gasteiger partial charge in [-0.15, -0.1) is 0 Å². The predicted octanol–water partition coefficient (Wildman–Crippen LogP) is 2.92. The quantitative estimate of drug-likeness (QED) is 0.929. The van der Waals surface area contributed by atoms with Crippen molar-refractivity contribution in [3.05, 3.63) is 23.1 Å². The summed E-state index contributed by atoms with van der Waals surface area (Å²) in [5.74, 6) is 1.63. The highest BCUT2D eigenvalue weighted by Crippen LogP contribution is 2.20. The van der Waals surface area contributed by atoms with Crippen LogP contribution >= 0.6 is 11.6 Å². The molecule has 1 saturated heterocycles. The fourth-order valence-corrected chi connectivity index (χ4v) is 2.85. The van der Waals surface area contributed by atoms with Gasteiger partial charge in [0.2, 0.25) is 5.91 Å². The molecule has 2 rings (SSSR count). The fraction of sp³-hybridized carbons (Fsp3) is 0.667. The smallest absolute Gasteiger partial charge is 0.225 e. The maximum atomic E-state index is 12.0. The first-order chi connectivity index (χ1) is 9.47. The van der Waals surface area contributed by atoms with Gasteiger partial charge in [-0.05, 0) is 36.1 Å². The molecule has 2 heterocycles. The molecule has 1 aliphatic heterocycles. The molecule has 1 fully saturated rings. The molecule has 1 aromatic rings. The van der Waals surface area contributed by atoms with E-state index in [1.54, 1.807) is 6.07 Å². The molecule has 1 N–H and O–H groups in total. The summed E-state index contributed by atoms with van der Waals surface area (Å²) >= 11 is 5.76. The van der Waals surface area contributed by atoms with Crippen molar-refractivity contribution in [1.29, 1.82) is 0 Å².